The number of hydrogen-bond acceptors (Lipinski definition) is 6. The molecule has 0 saturated heterocycles. The topological polar surface area (TPSA) is 88.2 Å². The summed E-state index contributed by atoms with van der Waals surface area (Å²) in [5.41, 5.74) is 3.98. The van der Waals surface area contributed by atoms with Gasteiger partial charge in [0.05, 0.1) is 22.9 Å². The Morgan fingerprint density at radius 3 is 2.83 bits per heavy atom. The molecule has 0 aliphatic carbocycles. The fourth-order valence-corrected chi connectivity index (χ4v) is 3.73. The molecule has 0 bridgehead atoms. The number of thioether (sulfide) groups is 1. The van der Waals surface area contributed by atoms with Gasteiger partial charge in [0.15, 0.2) is 0 Å². The van der Waals surface area contributed by atoms with Crippen molar-refractivity contribution in [3.05, 3.63) is 82.2 Å². The van der Waals surface area contributed by atoms with Gasteiger partial charge < -0.3 is 14.6 Å². The molecule has 0 radical (unpaired) electrons. The Morgan fingerprint density at radius 1 is 1.23 bits per heavy atom. The molecule has 1 heterocycles. The van der Waals surface area contributed by atoms with E-state index in [2.05, 4.69) is 16.5 Å². The second-order valence-electron chi connectivity index (χ2n) is 6.70. The van der Waals surface area contributed by atoms with E-state index in [-0.39, 0.29) is 5.91 Å². The van der Waals surface area contributed by atoms with E-state index < -0.39 is 0 Å². The van der Waals surface area contributed by atoms with Gasteiger partial charge in [0.2, 0.25) is 0 Å². The molecule has 3 rings (SSSR count). The largest absolute Gasteiger partial charge is 0.489 e. The summed E-state index contributed by atoms with van der Waals surface area (Å²) in [5, 5.41) is 16.0. The van der Waals surface area contributed by atoms with Crippen molar-refractivity contribution in [3.63, 3.8) is 0 Å². The first kappa shape index (κ1) is 21.5. The van der Waals surface area contributed by atoms with Crippen molar-refractivity contribution in [1.29, 1.82) is 5.26 Å². The van der Waals surface area contributed by atoms with Gasteiger partial charge in [0.25, 0.3) is 5.91 Å². The lowest BCUT2D eigenvalue weighted by atomic mass is 10.1. The first-order valence-electron chi connectivity index (χ1n) is 9.57. The Hall–Kier alpha value is -3.24. The Balaban J connectivity index is 1.45. The number of ether oxygens (including phenoxy) is 1. The zero-order valence-electron chi connectivity index (χ0n) is 17.0. The average Bonchev–Trinajstić information content (AvgIpc) is 3.09. The smallest absolute Gasteiger partial charge is 0.251 e. The van der Waals surface area contributed by atoms with Crippen LogP contribution in [0, 0.1) is 25.2 Å². The number of nitrogens with one attached hydrogen (secondary N) is 1. The maximum atomic E-state index is 12.4. The van der Waals surface area contributed by atoms with E-state index in [1.807, 2.05) is 44.2 Å². The molecule has 0 atom stereocenters. The lowest BCUT2D eigenvalue weighted by Gasteiger charge is -2.09. The van der Waals surface area contributed by atoms with E-state index in [0.717, 1.165) is 34.1 Å². The molecule has 0 aliphatic rings. The molecule has 0 fully saturated rings. The molecule has 1 N–H and O–H groups in total. The Morgan fingerprint density at radius 2 is 2.07 bits per heavy atom. The first-order valence-corrected chi connectivity index (χ1v) is 10.7. The molecular formula is C23H23N3O3S. The second-order valence-corrected chi connectivity index (χ2v) is 7.80. The van der Waals surface area contributed by atoms with Crippen LogP contribution in [0.3, 0.4) is 0 Å². The van der Waals surface area contributed by atoms with Gasteiger partial charge in [-0.15, -0.1) is 0 Å². The quantitative estimate of drug-likeness (QED) is 0.515. The van der Waals surface area contributed by atoms with E-state index >= 15 is 0 Å². The van der Waals surface area contributed by atoms with Crippen molar-refractivity contribution in [2.45, 2.75) is 26.2 Å². The fraction of sp³-hybridized carbons (Fsp3) is 0.261. The molecule has 0 saturated carbocycles. The van der Waals surface area contributed by atoms with Gasteiger partial charge in [-0.25, -0.2) is 0 Å². The highest BCUT2D eigenvalue weighted by Crippen LogP contribution is 2.19. The number of nitriles is 1. The van der Waals surface area contributed by atoms with Crippen molar-refractivity contribution < 1.29 is 14.1 Å². The molecule has 0 unspecified atom stereocenters. The summed E-state index contributed by atoms with van der Waals surface area (Å²) < 4.78 is 10.9. The molecule has 0 spiro atoms. The van der Waals surface area contributed by atoms with Crippen LogP contribution >= 0.6 is 11.8 Å². The zero-order valence-corrected chi connectivity index (χ0v) is 17.8. The summed E-state index contributed by atoms with van der Waals surface area (Å²) in [4.78, 5) is 12.4. The van der Waals surface area contributed by atoms with Crippen LogP contribution in [0.5, 0.6) is 5.75 Å². The van der Waals surface area contributed by atoms with Crippen molar-refractivity contribution >= 4 is 17.7 Å². The van der Waals surface area contributed by atoms with Crippen molar-refractivity contribution in [2.75, 3.05) is 12.3 Å². The van der Waals surface area contributed by atoms with Gasteiger partial charge in [0, 0.05) is 23.6 Å². The third-order valence-corrected chi connectivity index (χ3v) is 5.60. The Kier molecular flexibility index (Phi) is 7.52. The van der Waals surface area contributed by atoms with Crippen LogP contribution in [0.25, 0.3) is 0 Å². The van der Waals surface area contributed by atoms with Crippen LogP contribution < -0.4 is 10.1 Å². The van der Waals surface area contributed by atoms with Gasteiger partial charge in [-0.3, -0.25) is 4.79 Å². The van der Waals surface area contributed by atoms with Crippen LogP contribution in [0.2, 0.25) is 0 Å². The standard InChI is InChI=1S/C23H23N3O3S/c1-16-22(17(2)29-26-16)14-28-21-9-5-8-18(12-21)23(27)25-10-11-30-15-20-7-4-3-6-19(20)13-24/h3-9,12H,10-11,14-15H2,1-2H3,(H,25,27). The first-order chi connectivity index (χ1) is 14.6. The average molecular weight is 422 g/mol. The third kappa shape index (κ3) is 5.65. The number of nitrogens with zero attached hydrogens (tertiary/aromatic N) is 2. The van der Waals surface area contributed by atoms with E-state index in [0.29, 0.717) is 30.0 Å². The molecule has 1 aromatic heterocycles. The number of amides is 1. The number of carbonyl (C=O) groups excluding carboxylic acids is 1. The number of aromatic nitrogens is 1. The molecule has 3 aromatic rings. The highest BCUT2D eigenvalue weighted by molar-refractivity contribution is 7.98. The number of aryl methyl sites for hydroxylation is 2. The normalized spacial score (nSPS) is 10.4. The van der Waals surface area contributed by atoms with E-state index in [9.17, 15) is 4.79 Å². The summed E-state index contributed by atoms with van der Waals surface area (Å²) in [6, 6.07) is 16.9. The second kappa shape index (κ2) is 10.5. The molecule has 30 heavy (non-hydrogen) atoms. The molecule has 7 heteroatoms. The minimum absolute atomic E-state index is 0.143. The third-order valence-electron chi connectivity index (χ3n) is 4.59. The maximum absolute atomic E-state index is 12.4. The van der Waals surface area contributed by atoms with Crippen LogP contribution in [0.4, 0.5) is 0 Å². The highest BCUT2D eigenvalue weighted by atomic mass is 32.2. The van der Waals surface area contributed by atoms with E-state index in [4.69, 9.17) is 14.5 Å². The predicted molar refractivity (Wildman–Crippen MR) is 116 cm³/mol. The minimum atomic E-state index is -0.143. The van der Waals surface area contributed by atoms with Gasteiger partial charge in [0.1, 0.15) is 18.1 Å². The SMILES string of the molecule is Cc1noc(C)c1COc1cccc(C(=O)NCCSCc2ccccc2C#N)c1. The summed E-state index contributed by atoms with van der Waals surface area (Å²) in [6.45, 7) is 4.60. The van der Waals surface area contributed by atoms with Crippen LogP contribution in [-0.2, 0) is 12.4 Å². The molecule has 6 nitrogen and oxygen atoms in total. The molecule has 2 aromatic carbocycles. The van der Waals surface area contributed by atoms with Gasteiger partial charge in [-0.2, -0.15) is 17.0 Å². The maximum Gasteiger partial charge on any atom is 0.251 e. The number of carbonyl (C=O) groups is 1. The lowest BCUT2D eigenvalue weighted by molar-refractivity contribution is 0.0955. The number of hydrogen-bond donors (Lipinski definition) is 1. The van der Waals surface area contributed by atoms with E-state index in [1.165, 1.54) is 0 Å². The lowest BCUT2D eigenvalue weighted by Crippen LogP contribution is -2.25. The Bertz CT molecular complexity index is 1040. The number of benzene rings is 2. The van der Waals surface area contributed by atoms with Gasteiger partial charge >= 0.3 is 0 Å². The van der Waals surface area contributed by atoms with Crippen molar-refractivity contribution in [1.82, 2.24) is 10.5 Å². The monoisotopic (exact) mass is 421 g/mol. The summed E-state index contributed by atoms with van der Waals surface area (Å²) in [6.07, 6.45) is 0. The van der Waals surface area contributed by atoms with Gasteiger partial charge in [-0.05, 0) is 43.7 Å². The van der Waals surface area contributed by atoms with Gasteiger partial charge in [-0.1, -0.05) is 29.4 Å². The molecule has 0 aliphatic heterocycles. The Labute approximate surface area is 180 Å². The summed E-state index contributed by atoms with van der Waals surface area (Å²) >= 11 is 1.68. The van der Waals surface area contributed by atoms with Crippen LogP contribution in [0.15, 0.2) is 53.1 Å². The van der Waals surface area contributed by atoms with Crippen molar-refractivity contribution in [2.24, 2.45) is 0 Å². The number of rotatable bonds is 9. The molecule has 154 valence electrons. The molecular weight excluding hydrogens is 398 g/mol. The van der Waals surface area contributed by atoms with Crippen LogP contribution in [0.1, 0.15) is 38.5 Å². The minimum Gasteiger partial charge on any atom is -0.489 e. The van der Waals surface area contributed by atoms with Crippen molar-refractivity contribution in [3.8, 4) is 11.8 Å². The van der Waals surface area contributed by atoms with Crippen LogP contribution in [-0.4, -0.2) is 23.4 Å². The fourth-order valence-electron chi connectivity index (χ4n) is 2.87. The summed E-state index contributed by atoms with van der Waals surface area (Å²) in [7, 11) is 0. The highest BCUT2D eigenvalue weighted by Gasteiger charge is 2.11. The summed E-state index contributed by atoms with van der Waals surface area (Å²) in [5.74, 6) is 2.70. The zero-order chi connectivity index (χ0) is 21.3. The predicted octanol–water partition coefficient (Wildman–Crippen LogP) is 4.41. The molecule has 1 amide bonds. The van der Waals surface area contributed by atoms with E-state index in [1.54, 1.807) is 30.0 Å².